The normalized spacial score (nSPS) is 23.4. The van der Waals surface area contributed by atoms with Crippen molar-refractivity contribution in [2.45, 2.75) is 29.8 Å². The quantitative estimate of drug-likeness (QED) is 0.652. The fraction of sp³-hybridized carbons (Fsp3) is 0.571. The van der Waals surface area contributed by atoms with E-state index in [1.165, 1.54) is 0 Å². The molecule has 0 spiro atoms. The molecule has 0 unspecified atom stereocenters. The van der Waals surface area contributed by atoms with E-state index in [0.29, 0.717) is 18.2 Å². The Morgan fingerprint density at radius 2 is 1.33 bits per heavy atom. The van der Waals surface area contributed by atoms with Gasteiger partial charge in [0.05, 0.1) is 22.3 Å². The van der Waals surface area contributed by atoms with E-state index < -0.39 is 70.4 Å². The van der Waals surface area contributed by atoms with Crippen molar-refractivity contribution in [3.05, 3.63) is 29.8 Å². The van der Waals surface area contributed by atoms with Crippen molar-refractivity contribution >= 4 is 10.0 Å². The first kappa shape index (κ1) is 21.8. The lowest BCUT2D eigenvalue weighted by molar-refractivity contribution is -0.224. The Labute approximate surface area is 147 Å². The first-order chi connectivity index (χ1) is 12.0. The van der Waals surface area contributed by atoms with E-state index in [9.17, 15) is 47.9 Å². The van der Waals surface area contributed by atoms with Crippen LogP contribution in [0.2, 0.25) is 0 Å². The highest BCUT2D eigenvalue weighted by atomic mass is 32.2. The maximum Gasteiger partial charge on any atom is 0.416 e. The van der Waals surface area contributed by atoms with Crippen molar-refractivity contribution in [3.63, 3.8) is 0 Å². The molecular weight excluding hydrogens is 417 g/mol. The predicted molar refractivity (Wildman–Crippen MR) is 73.9 cm³/mol. The van der Waals surface area contributed by atoms with Crippen molar-refractivity contribution in [2.24, 2.45) is 11.8 Å². The Hall–Kier alpha value is -1.50. The lowest BCUT2D eigenvalue weighted by atomic mass is 9.89. The zero-order valence-corrected chi connectivity index (χ0v) is 14.0. The molecule has 1 aromatic rings. The topological polar surface area (TPSA) is 37.4 Å². The Balaban J connectivity index is 2.44. The molecule has 13 heteroatoms. The largest absolute Gasteiger partial charge is 0.416 e. The summed E-state index contributed by atoms with van der Waals surface area (Å²) in [5.41, 5.74) is -1.39. The van der Waals surface area contributed by atoms with Gasteiger partial charge in [0.15, 0.2) is 0 Å². The van der Waals surface area contributed by atoms with Crippen LogP contribution in [0.1, 0.15) is 12.0 Å². The molecule has 1 fully saturated rings. The maximum atomic E-state index is 12.9. The highest BCUT2D eigenvalue weighted by Crippen LogP contribution is 2.43. The standard InChI is InChI=1S/C14H12F9NO2S/c15-12(16,17)8-2-1-3-11(5-8)27(25,26)24-6-9(13(18,19)20)4-10(7-24)14(21,22)23/h1-3,5,9-10H,4,6-7H2/t9-,10+. The van der Waals surface area contributed by atoms with E-state index >= 15 is 0 Å². The highest BCUT2D eigenvalue weighted by molar-refractivity contribution is 7.89. The first-order valence-electron chi connectivity index (χ1n) is 7.34. The van der Waals surface area contributed by atoms with Crippen LogP contribution in [-0.2, 0) is 16.2 Å². The second-order valence-corrected chi connectivity index (χ2v) is 8.00. The van der Waals surface area contributed by atoms with Gasteiger partial charge in [-0.15, -0.1) is 0 Å². The maximum absolute atomic E-state index is 12.9. The molecule has 0 amide bonds. The lowest BCUT2D eigenvalue weighted by Crippen LogP contribution is -2.51. The monoisotopic (exact) mass is 429 g/mol. The number of alkyl halides is 9. The average Bonchev–Trinajstić information content (AvgIpc) is 2.52. The third-order valence-corrected chi connectivity index (χ3v) is 5.97. The third-order valence-electron chi connectivity index (χ3n) is 4.14. The van der Waals surface area contributed by atoms with Gasteiger partial charge in [0, 0.05) is 13.1 Å². The summed E-state index contributed by atoms with van der Waals surface area (Å²) in [4.78, 5) is -1.03. The van der Waals surface area contributed by atoms with E-state index in [1.54, 1.807) is 0 Å². The van der Waals surface area contributed by atoms with Gasteiger partial charge in [-0.3, -0.25) is 0 Å². The van der Waals surface area contributed by atoms with E-state index in [2.05, 4.69) is 0 Å². The molecule has 3 nitrogen and oxygen atoms in total. The average molecular weight is 429 g/mol. The third kappa shape index (κ3) is 4.86. The molecule has 0 N–H and O–H groups in total. The van der Waals surface area contributed by atoms with E-state index in [4.69, 9.17) is 0 Å². The molecule has 1 aliphatic rings. The fourth-order valence-electron chi connectivity index (χ4n) is 2.71. The van der Waals surface area contributed by atoms with E-state index in [0.717, 1.165) is 0 Å². The summed E-state index contributed by atoms with van der Waals surface area (Å²) >= 11 is 0. The smallest absolute Gasteiger partial charge is 0.207 e. The SMILES string of the molecule is O=S(=O)(c1cccc(C(F)(F)F)c1)N1C[C@H](C(F)(F)F)C[C@H](C(F)(F)F)C1. The number of rotatable bonds is 2. The molecule has 0 saturated carbocycles. The van der Waals surface area contributed by atoms with Crippen LogP contribution < -0.4 is 0 Å². The summed E-state index contributed by atoms with van der Waals surface area (Å²) in [5.74, 6) is -5.17. The first-order valence-corrected chi connectivity index (χ1v) is 8.78. The summed E-state index contributed by atoms with van der Waals surface area (Å²) in [6.45, 7) is -2.59. The zero-order valence-electron chi connectivity index (χ0n) is 13.2. The number of hydrogen-bond donors (Lipinski definition) is 0. The summed E-state index contributed by atoms with van der Waals surface area (Å²) in [6.07, 6.45) is -16.5. The number of nitrogens with zero attached hydrogens (tertiary/aromatic N) is 1. The number of halogens is 9. The Morgan fingerprint density at radius 3 is 1.74 bits per heavy atom. The van der Waals surface area contributed by atoms with Crippen LogP contribution in [0.5, 0.6) is 0 Å². The van der Waals surface area contributed by atoms with Crippen LogP contribution in [-0.4, -0.2) is 38.2 Å². The van der Waals surface area contributed by atoms with Crippen LogP contribution in [0.4, 0.5) is 39.5 Å². The van der Waals surface area contributed by atoms with Crippen molar-refractivity contribution < 1.29 is 47.9 Å². The molecule has 2 atom stereocenters. The minimum Gasteiger partial charge on any atom is -0.207 e. The second-order valence-electron chi connectivity index (χ2n) is 6.06. The molecule has 0 aliphatic carbocycles. The minimum atomic E-state index is -5.09. The van der Waals surface area contributed by atoms with E-state index in [-0.39, 0.29) is 10.4 Å². The molecule has 2 rings (SSSR count). The minimum absolute atomic E-state index is 0.0533. The molecule has 1 aromatic carbocycles. The van der Waals surface area contributed by atoms with Gasteiger partial charge in [-0.05, 0) is 24.6 Å². The lowest BCUT2D eigenvalue weighted by Gasteiger charge is -2.38. The Bertz CT molecular complexity index is 761. The molecule has 0 radical (unpaired) electrons. The Morgan fingerprint density at radius 1 is 0.852 bits per heavy atom. The second kappa shape index (κ2) is 6.83. The molecule has 1 saturated heterocycles. The molecule has 0 bridgehead atoms. The van der Waals surface area contributed by atoms with Gasteiger partial charge < -0.3 is 0 Å². The zero-order chi connectivity index (χ0) is 20.8. The van der Waals surface area contributed by atoms with Crippen LogP contribution in [0.15, 0.2) is 29.2 Å². The molecule has 154 valence electrons. The molecule has 0 aromatic heterocycles. The highest BCUT2D eigenvalue weighted by Gasteiger charge is 2.53. The van der Waals surface area contributed by atoms with Gasteiger partial charge in [0.2, 0.25) is 10.0 Å². The Kier molecular flexibility index (Phi) is 5.52. The summed E-state index contributed by atoms with van der Waals surface area (Å²) < 4.78 is 141. The number of benzene rings is 1. The van der Waals surface area contributed by atoms with Crippen molar-refractivity contribution in [3.8, 4) is 0 Å². The molecule has 27 heavy (non-hydrogen) atoms. The predicted octanol–water partition coefficient (Wildman–Crippen LogP) is 4.46. The summed E-state index contributed by atoms with van der Waals surface area (Å²) in [6, 6.07) is 2.11. The van der Waals surface area contributed by atoms with Crippen molar-refractivity contribution in [1.29, 1.82) is 0 Å². The molecule has 1 heterocycles. The number of hydrogen-bond acceptors (Lipinski definition) is 2. The molecule has 1 aliphatic heterocycles. The van der Waals surface area contributed by atoms with Crippen molar-refractivity contribution in [2.75, 3.05) is 13.1 Å². The van der Waals surface area contributed by atoms with Crippen molar-refractivity contribution in [1.82, 2.24) is 4.31 Å². The van der Waals surface area contributed by atoms with Gasteiger partial charge in [0.1, 0.15) is 0 Å². The molecular formula is C14H12F9NO2S. The fourth-order valence-corrected chi connectivity index (χ4v) is 4.29. The van der Waals surface area contributed by atoms with Gasteiger partial charge in [-0.2, -0.15) is 43.8 Å². The van der Waals surface area contributed by atoms with Crippen LogP contribution >= 0.6 is 0 Å². The summed E-state index contributed by atoms with van der Waals surface area (Å²) in [7, 11) is -5.00. The van der Waals surface area contributed by atoms with Crippen LogP contribution in [0.25, 0.3) is 0 Å². The number of piperidine rings is 1. The van der Waals surface area contributed by atoms with Crippen LogP contribution in [0.3, 0.4) is 0 Å². The van der Waals surface area contributed by atoms with E-state index in [1.807, 2.05) is 0 Å². The summed E-state index contributed by atoms with van der Waals surface area (Å²) in [5, 5.41) is 0. The van der Waals surface area contributed by atoms with Gasteiger partial charge in [-0.25, -0.2) is 8.42 Å². The van der Waals surface area contributed by atoms with Crippen LogP contribution in [0, 0.1) is 11.8 Å². The van der Waals surface area contributed by atoms with Gasteiger partial charge >= 0.3 is 18.5 Å². The number of sulfonamides is 1. The van der Waals surface area contributed by atoms with Gasteiger partial charge in [-0.1, -0.05) is 6.07 Å². The van der Waals surface area contributed by atoms with Gasteiger partial charge in [0.25, 0.3) is 0 Å².